The van der Waals surface area contributed by atoms with Crippen molar-refractivity contribution in [3.05, 3.63) is 199 Å². The molecule has 10 rings (SSSR count). The quantitative estimate of drug-likeness (QED) is 0.107. The third kappa shape index (κ3) is 8.94. The van der Waals surface area contributed by atoms with Crippen molar-refractivity contribution in [2.75, 3.05) is 0 Å². The average Bonchev–Trinajstić information content (AvgIpc) is 3.90. The molecule has 0 fully saturated rings. The Morgan fingerprint density at radius 2 is 1.39 bits per heavy atom. The second-order valence-corrected chi connectivity index (χ2v) is 22.7. The zero-order valence-electron chi connectivity index (χ0n) is 39.3. The van der Waals surface area contributed by atoms with E-state index in [1.54, 1.807) is 6.20 Å². The maximum Gasteiger partial charge on any atom is 0.120 e. The Labute approximate surface area is 394 Å². The Hall–Kier alpha value is -6.24. The first-order valence-electron chi connectivity index (χ1n) is 22.7. The normalized spacial score (nSPS) is 12.3. The van der Waals surface area contributed by atoms with Gasteiger partial charge >= 0.3 is 0 Å². The first kappa shape index (κ1) is 41.7. The van der Waals surface area contributed by atoms with E-state index in [2.05, 4.69) is 129 Å². The Morgan fingerprint density at radius 3 is 2.08 bits per heavy atom. The third-order valence-corrected chi connectivity index (χ3v) is 13.5. The summed E-state index contributed by atoms with van der Waals surface area (Å²) in [5.41, 5.74) is 13.6. The van der Waals surface area contributed by atoms with Gasteiger partial charge in [0.25, 0.3) is 0 Å². The Morgan fingerprint density at radius 1 is 0.703 bits per heavy atom. The van der Waals surface area contributed by atoms with E-state index in [0.717, 1.165) is 72.1 Å². The molecule has 4 heterocycles. The van der Waals surface area contributed by atoms with E-state index in [4.69, 9.17) is 12.1 Å². The number of aromatic nitrogens is 4. The van der Waals surface area contributed by atoms with E-state index >= 15 is 0 Å². The number of hydrogen-bond acceptors (Lipinski definition) is 4. The van der Waals surface area contributed by atoms with Crippen LogP contribution in [0.2, 0.25) is 19.6 Å². The molecule has 0 amide bonds. The molecule has 0 unspecified atom stereocenters. The van der Waals surface area contributed by atoms with Crippen molar-refractivity contribution >= 4 is 46.2 Å². The monoisotopic (exact) mass is 1030 g/mol. The first-order chi connectivity index (χ1) is 31.3. The van der Waals surface area contributed by atoms with Crippen LogP contribution < -0.4 is 5.19 Å². The molecule has 0 aliphatic heterocycles. The summed E-state index contributed by atoms with van der Waals surface area (Å²) < 4.78 is 26.4. The molecule has 0 bridgehead atoms. The number of pyridine rings is 2. The van der Waals surface area contributed by atoms with Crippen molar-refractivity contribution in [2.24, 2.45) is 0 Å². The van der Waals surface area contributed by atoms with Gasteiger partial charge in [-0.15, -0.1) is 54.1 Å². The predicted octanol–water partition coefficient (Wildman–Crippen LogP) is 14.4. The van der Waals surface area contributed by atoms with E-state index < -0.39 is 14.4 Å². The summed E-state index contributed by atoms with van der Waals surface area (Å²) in [6, 6.07) is 55.2. The van der Waals surface area contributed by atoms with Crippen molar-refractivity contribution in [3.63, 3.8) is 0 Å². The van der Waals surface area contributed by atoms with E-state index in [-0.39, 0.29) is 31.9 Å². The van der Waals surface area contributed by atoms with Crippen LogP contribution in [0.25, 0.3) is 72.4 Å². The van der Waals surface area contributed by atoms with Crippen LogP contribution in [0.1, 0.15) is 64.5 Å². The first-order valence-corrected chi connectivity index (χ1v) is 25.2. The van der Waals surface area contributed by atoms with Crippen LogP contribution in [0.3, 0.4) is 0 Å². The number of para-hydroxylation sites is 1. The van der Waals surface area contributed by atoms with E-state index in [1.165, 1.54) is 22.3 Å². The summed E-state index contributed by atoms with van der Waals surface area (Å²) in [5.74, 6) is 1.37. The topological polar surface area (TPSA) is 56.7 Å². The molecule has 0 aliphatic rings. The maximum absolute atomic E-state index is 8.84. The van der Waals surface area contributed by atoms with Crippen molar-refractivity contribution in [1.29, 1.82) is 0 Å². The minimum Gasteiger partial charge on any atom is -0.501 e. The number of furan rings is 1. The summed E-state index contributed by atoms with van der Waals surface area (Å²) in [6.45, 7) is 15.7. The zero-order valence-corrected chi connectivity index (χ0v) is 40.7. The Balaban J connectivity index is 0.000000197. The van der Waals surface area contributed by atoms with Gasteiger partial charge in [0.05, 0.1) is 36.7 Å². The van der Waals surface area contributed by atoms with Gasteiger partial charge in [-0.25, -0.2) is 0 Å². The van der Waals surface area contributed by atoms with Gasteiger partial charge < -0.3 is 14.0 Å². The number of fused-ring (bicyclic) bond motifs is 4. The molecular formula is C57H52IrN4OSi-2. The third-order valence-electron chi connectivity index (χ3n) is 11.5. The number of nitrogens with zero attached hydrogens (tertiary/aromatic N) is 4. The molecule has 1 radical (unpaired) electrons. The molecule has 0 atom stereocenters. The van der Waals surface area contributed by atoms with Crippen LogP contribution in [0.5, 0.6) is 0 Å². The number of benzene rings is 6. The molecule has 321 valence electrons. The second-order valence-electron chi connectivity index (χ2n) is 17.6. The molecule has 5 nitrogen and oxygen atoms in total. The molecule has 0 spiro atoms. The van der Waals surface area contributed by atoms with Crippen LogP contribution in [-0.4, -0.2) is 27.6 Å². The molecule has 6 aromatic carbocycles. The molecule has 0 aliphatic carbocycles. The molecule has 4 aromatic heterocycles. The van der Waals surface area contributed by atoms with E-state index in [0.29, 0.717) is 5.56 Å². The molecular weight excluding hydrogens is 977 g/mol. The van der Waals surface area contributed by atoms with Gasteiger partial charge in [-0.3, -0.25) is 9.97 Å². The maximum atomic E-state index is 8.84. The fourth-order valence-corrected chi connectivity index (χ4v) is 9.72. The molecule has 64 heavy (non-hydrogen) atoms. The van der Waals surface area contributed by atoms with Crippen LogP contribution in [0, 0.1) is 12.1 Å². The van der Waals surface area contributed by atoms with Gasteiger partial charge in [0, 0.05) is 46.3 Å². The summed E-state index contributed by atoms with van der Waals surface area (Å²) in [6.07, 6.45) is 4.03. The van der Waals surface area contributed by atoms with Gasteiger partial charge in [-0.2, -0.15) is 0 Å². The number of rotatable bonds is 9. The van der Waals surface area contributed by atoms with Crippen LogP contribution in [0.4, 0.5) is 0 Å². The smallest absolute Gasteiger partial charge is 0.120 e. The minimum atomic E-state index is -1.76. The van der Waals surface area contributed by atoms with Crippen molar-refractivity contribution in [1.82, 2.24) is 19.5 Å². The van der Waals surface area contributed by atoms with Crippen LogP contribution in [0.15, 0.2) is 169 Å². The summed E-state index contributed by atoms with van der Waals surface area (Å²) in [7, 11) is -1.76. The number of imidazole rings is 1. The SMILES string of the molecule is CC(C)c1cc(-c2ccccc2)cc(C(C)C)c1-n1c(-c2[c-]ccc3c2oc2ccccc23)nc2ccncc21.[2H]C([2H])(c1ccccc1)c1cc(-c2[c-]cccc2)ncc1[Si](C)(C)C.[Ir]. The van der Waals surface area contributed by atoms with Crippen molar-refractivity contribution in [2.45, 2.75) is 65.5 Å². The van der Waals surface area contributed by atoms with Gasteiger partial charge in [0.1, 0.15) is 5.58 Å². The van der Waals surface area contributed by atoms with Gasteiger partial charge in [0.2, 0.25) is 0 Å². The Bertz CT molecular complexity index is 3260. The standard InChI is InChI=1S/C36H30N3O.C21H22NSi.Ir/c1-22(2)29-19-25(24-11-6-5-7-12-24)20-30(23(3)4)34(29)39-32-21-37-18-17-31(32)38-36(39)28-15-10-14-27-26-13-8-9-16-33(26)40-35(27)28;1-23(2,3)21-16-22-20(18-12-8-5-9-13-18)15-19(21)14-17-10-6-4-7-11-17;/h5-14,16-23H,1-4H3;4-12,15-16H,14H2,1-3H3;/q2*-1;/i;14D2;. The minimum absolute atomic E-state index is 0. The molecule has 7 heteroatoms. The summed E-state index contributed by atoms with van der Waals surface area (Å²) in [4.78, 5) is 14.3. The molecule has 0 saturated carbocycles. The van der Waals surface area contributed by atoms with E-state index in [9.17, 15) is 0 Å². The molecule has 0 saturated heterocycles. The second kappa shape index (κ2) is 18.8. The van der Waals surface area contributed by atoms with Gasteiger partial charge in [0.15, 0.2) is 0 Å². The van der Waals surface area contributed by atoms with Crippen LogP contribution >= 0.6 is 0 Å². The predicted molar refractivity (Wildman–Crippen MR) is 265 cm³/mol. The summed E-state index contributed by atoms with van der Waals surface area (Å²) in [5, 5.41) is 3.21. The van der Waals surface area contributed by atoms with Gasteiger partial charge in [-0.05, 0) is 81.2 Å². The molecule has 0 N–H and O–H groups in total. The summed E-state index contributed by atoms with van der Waals surface area (Å²) >= 11 is 0. The molecule has 10 aromatic rings. The average molecular weight is 1030 g/mol. The van der Waals surface area contributed by atoms with Gasteiger partial charge in [-0.1, -0.05) is 149 Å². The largest absolute Gasteiger partial charge is 0.501 e. The Kier molecular flexibility index (Phi) is 12.3. The fourth-order valence-electron chi connectivity index (χ4n) is 8.32. The van der Waals surface area contributed by atoms with Crippen molar-refractivity contribution in [3.8, 4) is 39.5 Å². The van der Waals surface area contributed by atoms with Crippen molar-refractivity contribution < 1.29 is 27.3 Å². The fraction of sp³-hybridized carbons (Fsp3) is 0.175. The van der Waals surface area contributed by atoms with E-state index in [1.807, 2.05) is 103 Å². The zero-order chi connectivity index (χ0) is 45.5. The number of hydrogen-bond donors (Lipinski definition) is 0. The van der Waals surface area contributed by atoms with Crippen LogP contribution in [-0.2, 0) is 26.5 Å².